The molecule has 0 bridgehead atoms. The Hall–Kier alpha value is -2.10. The van der Waals surface area contributed by atoms with Crippen molar-refractivity contribution in [1.29, 1.82) is 0 Å². The molecule has 0 saturated heterocycles. The van der Waals surface area contributed by atoms with Crippen LogP contribution in [0, 0.1) is 11.6 Å². The summed E-state index contributed by atoms with van der Waals surface area (Å²) in [5.74, 6) is -1.82. The minimum absolute atomic E-state index is 0.0333. The Labute approximate surface area is 104 Å². The quantitative estimate of drug-likeness (QED) is 0.815. The Morgan fingerprint density at radius 1 is 1.00 bits per heavy atom. The van der Waals surface area contributed by atoms with E-state index in [-0.39, 0.29) is 11.4 Å². The van der Waals surface area contributed by atoms with E-state index < -0.39 is 11.6 Å². The molecule has 2 nitrogen and oxygen atoms in total. The van der Waals surface area contributed by atoms with Gasteiger partial charge >= 0.3 is 0 Å². The normalized spacial score (nSPS) is 10.3. The van der Waals surface area contributed by atoms with Crippen LogP contribution in [-0.2, 0) is 6.42 Å². The summed E-state index contributed by atoms with van der Waals surface area (Å²) in [6.45, 7) is 0.495. The zero-order valence-electron chi connectivity index (χ0n) is 9.79. The summed E-state index contributed by atoms with van der Waals surface area (Å²) in [6.07, 6.45) is 0.718. The molecule has 2 aromatic rings. The third-order valence-electron chi connectivity index (χ3n) is 2.69. The second-order valence-corrected chi connectivity index (χ2v) is 3.99. The molecule has 94 valence electrons. The van der Waals surface area contributed by atoms with Crippen molar-refractivity contribution in [3.05, 3.63) is 59.7 Å². The van der Waals surface area contributed by atoms with Crippen LogP contribution in [0.15, 0.2) is 42.5 Å². The Bertz CT molecular complexity index is 527. The molecule has 0 aliphatic rings. The fourth-order valence-electron chi connectivity index (χ4n) is 1.72. The molecule has 2 rings (SSSR count). The minimum atomic E-state index is -0.928. The van der Waals surface area contributed by atoms with Gasteiger partial charge in [-0.25, -0.2) is 8.78 Å². The number of halogens is 2. The fourth-order valence-corrected chi connectivity index (χ4v) is 1.72. The van der Waals surface area contributed by atoms with Gasteiger partial charge in [-0.2, -0.15) is 0 Å². The van der Waals surface area contributed by atoms with E-state index in [0.29, 0.717) is 6.54 Å². The lowest BCUT2D eigenvalue weighted by molar-refractivity contribution is 0.511. The smallest absolute Gasteiger partial charge is 0.183 e. The van der Waals surface area contributed by atoms with Gasteiger partial charge in [0.15, 0.2) is 11.6 Å². The molecule has 18 heavy (non-hydrogen) atoms. The van der Waals surface area contributed by atoms with E-state index in [4.69, 9.17) is 5.73 Å². The summed E-state index contributed by atoms with van der Waals surface area (Å²) in [5.41, 5.74) is 6.97. The van der Waals surface area contributed by atoms with Crippen LogP contribution in [0.3, 0.4) is 0 Å². The van der Waals surface area contributed by atoms with Gasteiger partial charge in [0.05, 0.1) is 11.4 Å². The van der Waals surface area contributed by atoms with Gasteiger partial charge in [0, 0.05) is 6.54 Å². The number of nitrogens with one attached hydrogen (secondary N) is 1. The maximum Gasteiger partial charge on any atom is 0.183 e. The van der Waals surface area contributed by atoms with Crippen LogP contribution in [-0.4, -0.2) is 6.54 Å². The van der Waals surface area contributed by atoms with Crippen molar-refractivity contribution < 1.29 is 8.78 Å². The number of nitrogen functional groups attached to an aromatic ring is 1. The van der Waals surface area contributed by atoms with Gasteiger partial charge in [0.25, 0.3) is 0 Å². The summed E-state index contributed by atoms with van der Waals surface area (Å²) < 4.78 is 26.5. The number of benzene rings is 2. The molecule has 3 N–H and O–H groups in total. The lowest BCUT2D eigenvalue weighted by atomic mass is 10.1. The van der Waals surface area contributed by atoms with E-state index in [1.54, 1.807) is 0 Å². The molecule has 0 heterocycles. The minimum Gasteiger partial charge on any atom is -0.397 e. The van der Waals surface area contributed by atoms with E-state index in [9.17, 15) is 8.78 Å². The lowest BCUT2D eigenvalue weighted by Gasteiger charge is -2.10. The van der Waals surface area contributed by atoms with E-state index >= 15 is 0 Å². The number of anilines is 2. The molecule has 0 aliphatic carbocycles. The number of hydrogen-bond donors (Lipinski definition) is 2. The number of nitrogens with two attached hydrogens (primary N) is 1. The van der Waals surface area contributed by atoms with Gasteiger partial charge in [-0.15, -0.1) is 0 Å². The highest BCUT2D eigenvalue weighted by Crippen LogP contribution is 2.24. The molecule has 0 unspecified atom stereocenters. The highest BCUT2D eigenvalue weighted by atomic mass is 19.2. The Morgan fingerprint density at radius 3 is 2.44 bits per heavy atom. The van der Waals surface area contributed by atoms with Crippen molar-refractivity contribution in [2.24, 2.45) is 0 Å². The molecule has 0 aromatic heterocycles. The molecule has 0 aliphatic heterocycles. The van der Waals surface area contributed by atoms with Crippen LogP contribution in [0.1, 0.15) is 5.56 Å². The Morgan fingerprint density at radius 2 is 1.72 bits per heavy atom. The van der Waals surface area contributed by atoms with Crippen molar-refractivity contribution >= 4 is 11.4 Å². The molecule has 0 atom stereocenters. The third-order valence-corrected chi connectivity index (χ3v) is 2.69. The first kappa shape index (κ1) is 12.4. The SMILES string of the molecule is Nc1ccc(F)c(F)c1NCCc1ccccc1. The van der Waals surface area contributed by atoms with E-state index in [2.05, 4.69) is 5.32 Å². The molecule has 0 amide bonds. The zero-order valence-corrected chi connectivity index (χ0v) is 9.79. The van der Waals surface area contributed by atoms with Gasteiger partial charge in [-0.3, -0.25) is 0 Å². The van der Waals surface area contributed by atoms with E-state index in [0.717, 1.165) is 18.1 Å². The van der Waals surface area contributed by atoms with Crippen LogP contribution in [0.4, 0.5) is 20.2 Å². The summed E-state index contributed by atoms with van der Waals surface area (Å²) >= 11 is 0. The monoisotopic (exact) mass is 248 g/mol. The predicted molar refractivity (Wildman–Crippen MR) is 69.4 cm³/mol. The van der Waals surface area contributed by atoms with Crippen LogP contribution < -0.4 is 11.1 Å². The molecule has 0 spiro atoms. The van der Waals surface area contributed by atoms with Crippen molar-refractivity contribution in [3.63, 3.8) is 0 Å². The Kier molecular flexibility index (Phi) is 3.77. The van der Waals surface area contributed by atoms with Crippen LogP contribution in [0.25, 0.3) is 0 Å². The second kappa shape index (κ2) is 5.49. The fraction of sp³-hybridized carbons (Fsp3) is 0.143. The van der Waals surface area contributed by atoms with Crippen molar-refractivity contribution in [2.75, 3.05) is 17.6 Å². The average Bonchev–Trinajstić information content (AvgIpc) is 2.39. The molecule has 0 saturated carbocycles. The molecule has 4 heteroatoms. The third kappa shape index (κ3) is 2.77. The second-order valence-electron chi connectivity index (χ2n) is 3.99. The van der Waals surface area contributed by atoms with Crippen molar-refractivity contribution in [1.82, 2.24) is 0 Å². The number of hydrogen-bond acceptors (Lipinski definition) is 2. The maximum atomic E-state index is 13.5. The van der Waals surface area contributed by atoms with E-state index in [1.165, 1.54) is 6.07 Å². The highest BCUT2D eigenvalue weighted by Gasteiger charge is 2.10. The molecule has 2 aromatic carbocycles. The van der Waals surface area contributed by atoms with Gasteiger partial charge in [0.1, 0.15) is 0 Å². The first-order valence-electron chi connectivity index (χ1n) is 5.70. The largest absolute Gasteiger partial charge is 0.397 e. The maximum absolute atomic E-state index is 13.5. The Balaban J connectivity index is 2.01. The van der Waals surface area contributed by atoms with Crippen molar-refractivity contribution in [2.45, 2.75) is 6.42 Å². The van der Waals surface area contributed by atoms with Crippen LogP contribution in [0.5, 0.6) is 0 Å². The molecular weight excluding hydrogens is 234 g/mol. The summed E-state index contributed by atoms with van der Waals surface area (Å²) in [6, 6.07) is 12.1. The van der Waals surface area contributed by atoms with E-state index in [1.807, 2.05) is 30.3 Å². The molecule has 0 fully saturated rings. The van der Waals surface area contributed by atoms with Crippen molar-refractivity contribution in [3.8, 4) is 0 Å². The first-order valence-corrected chi connectivity index (χ1v) is 5.70. The summed E-state index contributed by atoms with van der Waals surface area (Å²) in [5, 5.41) is 2.83. The van der Waals surface area contributed by atoms with Gasteiger partial charge < -0.3 is 11.1 Å². The van der Waals surface area contributed by atoms with Crippen LogP contribution in [0.2, 0.25) is 0 Å². The summed E-state index contributed by atoms with van der Waals surface area (Å²) in [4.78, 5) is 0. The highest BCUT2D eigenvalue weighted by molar-refractivity contribution is 5.66. The van der Waals surface area contributed by atoms with Gasteiger partial charge in [-0.05, 0) is 24.1 Å². The number of rotatable bonds is 4. The lowest BCUT2D eigenvalue weighted by Crippen LogP contribution is -2.09. The van der Waals surface area contributed by atoms with Crippen LogP contribution >= 0.6 is 0 Å². The standard InChI is InChI=1S/C14H14F2N2/c15-11-6-7-12(17)14(13(11)16)18-9-8-10-4-2-1-3-5-10/h1-7,18H,8-9,17H2. The average molecular weight is 248 g/mol. The zero-order chi connectivity index (χ0) is 13.0. The summed E-state index contributed by atoms with van der Waals surface area (Å²) in [7, 11) is 0. The topological polar surface area (TPSA) is 38.0 Å². The van der Waals surface area contributed by atoms with Gasteiger partial charge in [0.2, 0.25) is 0 Å². The predicted octanol–water partition coefficient (Wildman–Crippen LogP) is 3.20. The molecular formula is C14H14F2N2. The van der Waals surface area contributed by atoms with Gasteiger partial charge in [-0.1, -0.05) is 30.3 Å². The molecule has 0 radical (unpaired) electrons. The first-order chi connectivity index (χ1) is 8.68.